The Labute approximate surface area is 177 Å². The van der Waals surface area contributed by atoms with E-state index in [1.807, 2.05) is 6.20 Å². The van der Waals surface area contributed by atoms with Gasteiger partial charge in [0.15, 0.2) is 0 Å². The Hall–Kier alpha value is -1.02. The first kappa shape index (κ1) is 20.7. The lowest BCUT2D eigenvalue weighted by Crippen LogP contribution is -2.43. The number of aromatic nitrogens is 2. The van der Waals surface area contributed by atoms with Gasteiger partial charge in [-0.05, 0) is 41.6 Å². The third-order valence-electron chi connectivity index (χ3n) is 4.68. The van der Waals surface area contributed by atoms with Gasteiger partial charge in [-0.2, -0.15) is 0 Å². The Morgan fingerprint density at radius 1 is 1.37 bits per heavy atom. The van der Waals surface area contributed by atoms with Gasteiger partial charge in [-0.3, -0.25) is 4.79 Å². The normalized spacial score (nSPS) is 19.6. The summed E-state index contributed by atoms with van der Waals surface area (Å²) in [5.41, 5.74) is 8.81. The van der Waals surface area contributed by atoms with Crippen LogP contribution >= 0.6 is 39.1 Å². The van der Waals surface area contributed by atoms with Crippen molar-refractivity contribution >= 4 is 67.4 Å². The van der Waals surface area contributed by atoms with Crippen LogP contribution < -0.4 is 16.0 Å². The molecule has 148 valence electrons. The van der Waals surface area contributed by atoms with Crippen LogP contribution in [0.1, 0.15) is 25.7 Å². The Balaban J connectivity index is 0.000000481. The summed E-state index contributed by atoms with van der Waals surface area (Å²) in [7, 11) is 0. The van der Waals surface area contributed by atoms with Crippen LogP contribution in [0.2, 0.25) is 0 Å². The van der Waals surface area contributed by atoms with Gasteiger partial charge in [0.1, 0.15) is 5.65 Å². The molecule has 3 heterocycles. The molecule has 1 amide bonds. The molecule has 1 aliphatic carbocycles. The molecule has 1 saturated carbocycles. The summed E-state index contributed by atoms with van der Waals surface area (Å²) >= 11 is 13.7. The number of hydrogen-bond donors (Lipinski definition) is 3. The lowest BCUT2D eigenvalue weighted by atomic mass is 10.1. The summed E-state index contributed by atoms with van der Waals surface area (Å²) in [6.45, 7) is 1.78. The monoisotopic (exact) mass is 475 g/mol. The quantitative estimate of drug-likeness (QED) is 0.580. The molecule has 27 heavy (non-hydrogen) atoms. The maximum absolute atomic E-state index is 12.2. The Morgan fingerprint density at radius 3 is 2.74 bits per heavy atom. The molecule has 2 aliphatic rings. The average Bonchev–Trinajstić information content (AvgIpc) is 3.45. The molecular weight excluding hydrogens is 453 g/mol. The molecular formula is C18H24BrCl2N5O. The average molecular weight is 477 g/mol. The third kappa shape index (κ3) is 5.08. The van der Waals surface area contributed by atoms with Crippen LogP contribution in [0.15, 0.2) is 16.9 Å². The van der Waals surface area contributed by atoms with Gasteiger partial charge in [0, 0.05) is 49.2 Å². The Kier molecular flexibility index (Phi) is 7.25. The molecule has 9 heteroatoms. The minimum Gasteiger partial charge on any atom is -0.368 e. The van der Waals surface area contributed by atoms with E-state index in [2.05, 4.69) is 36.1 Å². The fraction of sp³-hybridized carbons (Fsp3) is 0.556. The van der Waals surface area contributed by atoms with Crippen molar-refractivity contribution in [3.63, 3.8) is 0 Å². The van der Waals surface area contributed by atoms with E-state index >= 15 is 0 Å². The summed E-state index contributed by atoms with van der Waals surface area (Å²) in [4.78, 5) is 22.0. The van der Waals surface area contributed by atoms with Crippen LogP contribution in [-0.4, -0.2) is 46.8 Å². The molecule has 0 spiro atoms. The number of hydrogen-bond acceptors (Lipinski definition) is 4. The maximum atomic E-state index is 12.2. The molecule has 4 N–H and O–H groups in total. The molecule has 2 aromatic rings. The van der Waals surface area contributed by atoms with E-state index in [1.165, 1.54) is 0 Å². The van der Waals surface area contributed by atoms with Gasteiger partial charge in [-0.15, -0.1) is 23.2 Å². The first-order chi connectivity index (χ1) is 13.0. The second-order valence-electron chi connectivity index (χ2n) is 6.87. The zero-order chi connectivity index (χ0) is 19.4. The highest BCUT2D eigenvalue weighted by molar-refractivity contribution is 9.10. The number of pyridine rings is 1. The fourth-order valence-electron chi connectivity index (χ4n) is 3.26. The van der Waals surface area contributed by atoms with E-state index < -0.39 is 0 Å². The van der Waals surface area contributed by atoms with Gasteiger partial charge in [0.25, 0.3) is 0 Å². The number of nitrogens with zero attached hydrogens (tertiary/aromatic N) is 2. The summed E-state index contributed by atoms with van der Waals surface area (Å²) in [6, 6.07) is 0.183. The molecule has 1 atom stereocenters. The van der Waals surface area contributed by atoms with Crippen molar-refractivity contribution in [2.24, 2.45) is 11.7 Å². The largest absolute Gasteiger partial charge is 0.368 e. The summed E-state index contributed by atoms with van der Waals surface area (Å²) < 4.78 is 0.931. The number of alkyl halides is 2. The molecule has 6 nitrogen and oxygen atoms in total. The number of halogens is 3. The molecule has 2 fully saturated rings. The fourth-order valence-corrected chi connectivity index (χ4v) is 3.81. The van der Waals surface area contributed by atoms with E-state index in [0.29, 0.717) is 11.8 Å². The molecule has 0 radical (unpaired) electrons. The molecule has 0 unspecified atom stereocenters. The number of nitrogens with two attached hydrogens (primary N) is 1. The van der Waals surface area contributed by atoms with Crippen LogP contribution in [0, 0.1) is 5.92 Å². The van der Waals surface area contributed by atoms with Gasteiger partial charge in [0.2, 0.25) is 5.91 Å². The summed E-state index contributed by atoms with van der Waals surface area (Å²) in [5, 5.41) is 4.02. The van der Waals surface area contributed by atoms with Gasteiger partial charge >= 0.3 is 0 Å². The highest BCUT2D eigenvalue weighted by Crippen LogP contribution is 2.39. The summed E-state index contributed by atoms with van der Waals surface area (Å²) in [5.74, 6) is 1.39. The molecule has 1 saturated heterocycles. The van der Waals surface area contributed by atoms with E-state index in [4.69, 9.17) is 28.9 Å². The SMILES string of the molecule is ClCCCl.N[C@@H]1CCCN(c2c(Br)cnc3[nH]cc(NC(=O)C4CC4)c23)C1. The van der Waals surface area contributed by atoms with Gasteiger partial charge in [0.05, 0.1) is 21.2 Å². The first-order valence-electron chi connectivity index (χ1n) is 9.14. The minimum atomic E-state index is 0.104. The highest BCUT2D eigenvalue weighted by atomic mass is 79.9. The van der Waals surface area contributed by atoms with Gasteiger partial charge in [-0.25, -0.2) is 4.98 Å². The number of rotatable bonds is 4. The smallest absolute Gasteiger partial charge is 0.227 e. The second-order valence-corrected chi connectivity index (χ2v) is 8.48. The van der Waals surface area contributed by atoms with E-state index in [1.54, 1.807) is 6.20 Å². The molecule has 4 rings (SSSR count). The van der Waals surface area contributed by atoms with Gasteiger partial charge in [-0.1, -0.05) is 0 Å². The highest BCUT2D eigenvalue weighted by Gasteiger charge is 2.31. The second kappa shape index (κ2) is 9.45. The lowest BCUT2D eigenvalue weighted by Gasteiger charge is -2.33. The van der Waals surface area contributed by atoms with Crippen molar-refractivity contribution in [1.29, 1.82) is 0 Å². The van der Waals surface area contributed by atoms with Crippen LogP contribution in [-0.2, 0) is 4.79 Å². The number of nitrogens with one attached hydrogen (secondary N) is 2. The van der Waals surface area contributed by atoms with Crippen LogP contribution in [0.4, 0.5) is 11.4 Å². The van der Waals surface area contributed by atoms with Crippen molar-refractivity contribution in [1.82, 2.24) is 9.97 Å². The van der Waals surface area contributed by atoms with E-state index in [9.17, 15) is 4.79 Å². The van der Waals surface area contributed by atoms with Crippen LogP contribution in [0.25, 0.3) is 11.0 Å². The lowest BCUT2D eigenvalue weighted by molar-refractivity contribution is -0.117. The number of fused-ring (bicyclic) bond motifs is 1. The number of carbonyl (C=O) groups excluding carboxylic acids is 1. The van der Waals surface area contributed by atoms with Crippen molar-refractivity contribution in [3.8, 4) is 0 Å². The number of piperidine rings is 1. The van der Waals surface area contributed by atoms with Crippen molar-refractivity contribution in [2.75, 3.05) is 35.1 Å². The molecule has 1 aliphatic heterocycles. The predicted molar refractivity (Wildman–Crippen MR) is 116 cm³/mol. The zero-order valence-corrected chi connectivity index (χ0v) is 18.1. The zero-order valence-electron chi connectivity index (χ0n) is 15.0. The Morgan fingerprint density at radius 2 is 2.11 bits per heavy atom. The van der Waals surface area contributed by atoms with Crippen molar-refractivity contribution in [3.05, 3.63) is 16.9 Å². The van der Waals surface area contributed by atoms with Crippen LogP contribution in [0.3, 0.4) is 0 Å². The van der Waals surface area contributed by atoms with Crippen molar-refractivity contribution in [2.45, 2.75) is 31.7 Å². The maximum Gasteiger partial charge on any atom is 0.227 e. The molecule has 0 bridgehead atoms. The number of H-pyrrole nitrogens is 1. The predicted octanol–water partition coefficient (Wildman–Crippen LogP) is 4.07. The first-order valence-corrected chi connectivity index (χ1v) is 11.0. The number of carbonyl (C=O) groups is 1. The number of amides is 1. The number of anilines is 2. The van der Waals surface area contributed by atoms with E-state index in [-0.39, 0.29) is 17.9 Å². The van der Waals surface area contributed by atoms with Crippen LogP contribution in [0.5, 0.6) is 0 Å². The molecule has 0 aromatic carbocycles. The summed E-state index contributed by atoms with van der Waals surface area (Å²) in [6.07, 6.45) is 7.75. The van der Waals surface area contributed by atoms with E-state index in [0.717, 1.165) is 65.7 Å². The standard InChI is InChI=1S/C16H20BrN5O.C2H4Cl2/c17-11-6-19-15-13(14(11)22-5-1-2-10(18)8-22)12(7-20-15)21-16(23)9-3-4-9;3-1-2-4/h6-7,9-10H,1-5,8,18H2,(H,19,20)(H,21,23);1-2H2/t10-;/m1./s1. The Bertz CT molecular complexity index is 793. The minimum absolute atomic E-state index is 0.104. The third-order valence-corrected chi connectivity index (χ3v) is 5.83. The molecule has 2 aromatic heterocycles. The topological polar surface area (TPSA) is 87.0 Å². The van der Waals surface area contributed by atoms with Gasteiger partial charge < -0.3 is 20.9 Å². The van der Waals surface area contributed by atoms with Crippen molar-refractivity contribution < 1.29 is 4.79 Å². The number of aromatic amines is 1.